The van der Waals surface area contributed by atoms with Crippen molar-refractivity contribution >= 4 is 12.0 Å². The van der Waals surface area contributed by atoms with Gasteiger partial charge in [0.15, 0.2) is 12.0 Å². The Kier molecular flexibility index (Phi) is 3.82. The highest BCUT2D eigenvalue weighted by Crippen LogP contribution is 2.19. The van der Waals surface area contributed by atoms with Gasteiger partial charge in [-0.2, -0.15) is 0 Å². The minimum atomic E-state index is -0.655. The van der Waals surface area contributed by atoms with Crippen molar-refractivity contribution in [1.29, 1.82) is 0 Å². The lowest BCUT2D eigenvalue weighted by molar-refractivity contribution is -0.385. The lowest BCUT2D eigenvalue weighted by atomic mass is 10.2. The van der Waals surface area contributed by atoms with Gasteiger partial charge in [-0.25, -0.2) is 4.98 Å². The molecular weight excluding hydrogens is 248 g/mol. The van der Waals surface area contributed by atoms with Crippen LogP contribution in [0.25, 0.3) is 0 Å². The molecule has 0 spiro atoms. The maximum Gasteiger partial charge on any atom is 0.298 e. The summed E-state index contributed by atoms with van der Waals surface area (Å²) >= 11 is 0. The first-order valence-corrected chi connectivity index (χ1v) is 5.48. The van der Waals surface area contributed by atoms with E-state index in [9.17, 15) is 14.9 Å². The predicted molar refractivity (Wildman–Crippen MR) is 67.1 cm³/mol. The fourth-order valence-electron chi connectivity index (χ4n) is 1.50. The molecule has 0 atom stereocenters. The molecule has 96 valence electrons. The van der Waals surface area contributed by atoms with Crippen LogP contribution >= 0.6 is 0 Å². The van der Waals surface area contributed by atoms with Gasteiger partial charge in [0.1, 0.15) is 6.61 Å². The fraction of sp³-hybridized carbons (Fsp3) is 0.0769. The minimum Gasteiger partial charge on any atom is -0.473 e. The highest BCUT2D eigenvalue weighted by Gasteiger charge is 2.15. The minimum absolute atomic E-state index is 0.177. The molecule has 0 N–H and O–H groups in total. The molecule has 1 aromatic carbocycles. The number of hydrogen-bond acceptors (Lipinski definition) is 5. The summed E-state index contributed by atoms with van der Waals surface area (Å²) in [5.41, 5.74) is 0.368. The SMILES string of the molecule is O=Cc1nc(OCc2ccccc2)ccc1[N+](=O)[O-]. The Balaban J connectivity index is 2.13. The van der Waals surface area contributed by atoms with Crippen LogP contribution < -0.4 is 4.74 Å². The Labute approximate surface area is 108 Å². The van der Waals surface area contributed by atoms with E-state index in [2.05, 4.69) is 4.98 Å². The Morgan fingerprint density at radius 2 is 1.95 bits per heavy atom. The number of benzene rings is 1. The lowest BCUT2D eigenvalue weighted by Gasteiger charge is -2.05. The summed E-state index contributed by atoms with van der Waals surface area (Å²) in [7, 11) is 0. The van der Waals surface area contributed by atoms with Gasteiger partial charge in [0, 0.05) is 12.1 Å². The maximum absolute atomic E-state index is 10.7. The zero-order valence-corrected chi connectivity index (χ0v) is 9.85. The highest BCUT2D eigenvalue weighted by atomic mass is 16.6. The van der Waals surface area contributed by atoms with Crippen molar-refractivity contribution in [3.8, 4) is 5.88 Å². The second kappa shape index (κ2) is 5.72. The summed E-state index contributed by atoms with van der Waals surface area (Å²) in [6.07, 6.45) is 0.341. The van der Waals surface area contributed by atoms with Gasteiger partial charge in [0.25, 0.3) is 5.69 Å². The molecule has 0 aliphatic heterocycles. The summed E-state index contributed by atoms with van der Waals surface area (Å²) < 4.78 is 5.38. The molecule has 1 aromatic heterocycles. The van der Waals surface area contributed by atoms with E-state index >= 15 is 0 Å². The van der Waals surface area contributed by atoms with Crippen molar-refractivity contribution in [2.24, 2.45) is 0 Å². The van der Waals surface area contributed by atoms with Crippen molar-refractivity contribution in [2.75, 3.05) is 0 Å². The first kappa shape index (κ1) is 12.7. The van der Waals surface area contributed by atoms with Crippen LogP contribution in [0.2, 0.25) is 0 Å². The van der Waals surface area contributed by atoms with Crippen molar-refractivity contribution in [3.63, 3.8) is 0 Å². The van der Waals surface area contributed by atoms with E-state index in [0.717, 1.165) is 5.56 Å². The molecule has 0 saturated heterocycles. The average molecular weight is 258 g/mol. The molecule has 0 unspecified atom stereocenters. The largest absolute Gasteiger partial charge is 0.473 e. The van der Waals surface area contributed by atoms with E-state index in [1.165, 1.54) is 12.1 Å². The molecule has 0 fully saturated rings. The van der Waals surface area contributed by atoms with E-state index in [1.807, 2.05) is 30.3 Å². The quantitative estimate of drug-likeness (QED) is 0.467. The smallest absolute Gasteiger partial charge is 0.298 e. The summed E-state index contributed by atoms with van der Waals surface area (Å²) in [6.45, 7) is 0.282. The van der Waals surface area contributed by atoms with Crippen LogP contribution in [-0.2, 0) is 6.61 Å². The summed E-state index contributed by atoms with van der Waals surface area (Å²) in [4.78, 5) is 24.5. The summed E-state index contributed by atoms with van der Waals surface area (Å²) in [5.74, 6) is 0.177. The molecule has 0 bridgehead atoms. The van der Waals surface area contributed by atoms with Gasteiger partial charge < -0.3 is 4.74 Å². The van der Waals surface area contributed by atoms with Crippen LogP contribution in [0.4, 0.5) is 5.69 Å². The number of rotatable bonds is 5. The first-order chi connectivity index (χ1) is 9.20. The van der Waals surface area contributed by atoms with Crippen molar-refractivity contribution in [3.05, 3.63) is 63.8 Å². The van der Waals surface area contributed by atoms with Crippen LogP contribution in [-0.4, -0.2) is 16.2 Å². The first-order valence-electron chi connectivity index (χ1n) is 5.48. The van der Waals surface area contributed by atoms with Crippen molar-refractivity contribution in [2.45, 2.75) is 6.61 Å². The van der Waals surface area contributed by atoms with Crippen molar-refractivity contribution in [1.82, 2.24) is 4.98 Å². The van der Waals surface area contributed by atoms with Crippen LogP contribution in [0.5, 0.6) is 5.88 Å². The van der Waals surface area contributed by atoms with Crippen LogP contribution in [0.3, 0.4) is 0 Å². The number of carbonyl (C=O) groups is 1. The topological polar surface area (TPSA) is 82.3 Å². The van der Waals surface area contributed by atoms with Crippen molar-refractivity contribution < 1.29 is 14.5 Å². The number of aldehydes is 1. The van der Waals surface area contributed by atoms with Gasteiger partial charge in [-0.15, -0.1) is 0 Å². The van der Waals surface area contributed by atoms with Gasteiger partial charge in [-0.1, -0.05) is 30.3 Å². The Bertz CT molecular complexity index is 599. The number of carbonyl (C=O) groups excluding carboxylic acids is 1. The van der Waals surface area contributed by atoms with Gasteiger partial charge in [0.05, 0.1) is 4.92 Å². The fourth-order valence-corrected chi connectivity index (χ4v) is 1.50. The highest BCUT2D eigenvalue weighted by molar-refractivity contribution is 5.78. The van der Waals surface area contributed by atoms with E-state index in [4.69, 9.17) is 4.74 Å². The lowest BCUT2D eigenvalue weighted by Crippen LogP contribution is -2.01. The molecule has 0 radical (unpaired) electrons. The average Bonchev–Trinajstić information content (AvgIpc) is 2.45. The molecule has 2 aromatic rings. The molecule has 0 aliphatic carbocycles. The molecule has 6 nitrogen and oxygen atoms in total. The Hall–Kier alpha value is -2.76. The normalized spacial score (nSPS) is 9.89. The number of hydrogen-bond donors (Lipinski definition) is 0. The molecule has 6 heteroatoms. The van der Waals surface area contributed by atoms with E-state index in [1.54, 1.807) is 0 Å². The monoisotopic (exact) mass is 258 g/mol. The second-order valence-electron chi connectivity index (χ2n) is 3.70. The van der Waals surface area contributed by atoms with E-state index in [0.29, 0.717) is 6.29 Å². The number of nitrogens with zero attached hydrogens (tertiary/aromatic N) is 2. The summed E-state index contributed by atoms with van der Waals surface area (Å²) in [6, 6.07) is 12.0. The van der Waals surface area contributed by atoms with Gasteiger partial charge >= 0.3 is 0 Å². The second-order valence-corrected chi connectivity index (χ2v) is 3.70. The van der Waals surface area contributed by atoms with Gasteiger partial charge in [-0.3, -0.25) is 14.9 Å². The molecule has 19 heavy (non-hydrogen) atoms. The standard InChI is InChI=1S/C13H10N2O4/c16-8-11-12(15(17)18)6-7-13(14-11)19-9-10-4-2-1-3-5-10/h1-8H,9H2. The van der Waals surface area contributed by atoms with Crippen LogP contribution in [0.15, 0.2) is 42.5 Å². The molecule has 0 aliphatic rings. The number of nitro groups is 1. The number of pyridine rings is 1. The molecular formula is C13H10N2O4. The molecule has 0 saturated carbocycles. The van der Waals surface area contributed by atoms with E-state index in [-0.39, 0.29) is 23.9 Å². The van der Waals surface area contributed by atoms with Crippen LogP contribution in [0.1, 0.15) is 16.1 Å². The zero-order valence-electron chi connectivity index (χ0n) is 9.85. The number of ether oxygens (including phenoxy) is 1. The van der Waals surface area contributed by atoms with E-state index < -0.39 is 4.92 Å². The third kappa shape index (κ3) is 3.12. The van der Waals surface area contributed by atoms with Gasteiger partial charge in [-0.05, 0) is 5.56 Å². The zero-order chi connectivity index (χ0) is 13.7. The predicted octanol–water partition coefficient (Wildman–Crippen LogP) is 2.38. The molecule has 2 rings (SSSR count). The molecule has 1 heterocycles. The third-order valence-electron chi connectivity index (χ3n) is 2.41. The Morgan fingerprint density at radius 3 is 2.58 bits per heavy atom. The maximum atomic E-state index is 10.7. The summed E-state index contributed by atoms with van der Waals surface area (Å²) in [5, 5.41) is 10.6. The molecule has 0 amide bonds. The third-order valence-corrected chi connectivity index (χ3v) is 2.41. The Morgan fingerprint density at radius 1 is 1.21 bits per heavy atom. The number of aromatic nitrogens is 1. The van der Waals surface area contributed by atoms with Crippen LogP contribution in [0, 0.1) is 10.1 Å². The van der Waals surface area contributed by atoms with Gasteiger partial charge in [0.2, 0.25) is 5.88 Å².